The standard InChI is InChI=1S/C8H2F12O/c9-1(5(13)14)3(11)7(17,18)21-8(19,20)4(12)2(10)6(15)16/h5-6H/b3-1+,4-2+. The zero-order chi connectivity index (χ0) is 17.2. The van der Waals surface area contributed by atoms with Crippen molar-refractivity contribution >= 4 is 0 Å². The van der Waals surface area contributed by atoms with Gasteiger partial charge in [-0.3, -0.25) is 0 Å². The number of hydrogen-bond donors (Lipinski definition) is 0. The van der Waals surface area contributed by atoms with Gasteiger partial charge in [0.25, 0.3) is 12.9 Å². The molecule has 0 saturated heterocycles. The summed E-state index contributed by atoms with van der Waals surface area (Å²) in [5.41, 5.74) is 0. The summed E-state index contributed by atoms with van der Waals surface area (Å²) in [7, 11) is 0. The molecule has 0 aliphatic rings. The van der Waals surface area contributed by atoms with Crippen LogP contribution in [-0.2, 0) is 4.74 Å². The first kappa shape index (κ1) is 19.6. The largest absolute Gasteiger partial charge is 0.416 e. The summed E-state index contributed by atoms with van der Waals surface area (Å²) in [6, 6.07) is 0. The second-order valence-electron chi connectivity index (χ2n) is 3.06. The van der Waals surface area contributed by atoms with E-state index in [2.05, 4.69) is 0 Å². The molecule has 0 N–H and O–H groups in total. The van der Waals surface area contributed by atoms with Crippen molar-refractivity contribution in [3.8, 4) is 0 Å². The fraction of sp³-hybridized carbons (Fsp3) is 0.500. The van der Waals surface area contributed by atoms with Gasteiger partial charge in [-0.05, 0) is 0 Å². The van der Waals surface area contributed by atoms with Gasteiger partial charge in [0, 0.05) is 0 Å². The molecule has 124 valence electrons. The molecule has 0 heterocycles. The van der Waals surface area contributed by atoms with E-state index in [9.17, 15) is 52.7 Å². The lowest BCUT2D eigenvalue weighted by Crippen LogP contribution is -2.35. The maximum absolute atomic E-state index is 12.5. The van der Waals surface area contributed by atoms with E-state index in [-0.39, 0.29) is 0 Å². The van der Waals surface area contributed by atoms with Gasteiger partial charge in [0.2, 0.25) is 23.3 Å². The highest BCUT2D eigenvalue weighted by atomic mass is 19.3. The highest BCUT2D eigenvalue weighted by Gasteiger charge is 2.54. The van der Waals surface area contributed by atoms with Crippen LogP contribution in [0.3, 0.4) is 0 Å². The van der Waals surface area contributed by atoms with E-state index in [1.54, 1.807) is 0 Å². The minimum atomic E-state index is -6.18. The summed E-state index contributed by atoms with van der Waals surface area (Å²) in [4.78, 5) is 0. The highest BCUT2D eigenvalue weighted by Crippen LogP contribution is 2.41. The first-order valence-electron chi connectivity index (χ1n) is 4.37. The van der Waals surface area contributed by atoms with Crippen molar-refractivity contribution in [1.29, 1.82) is 0 Å². The van der Waals surface area contributed by atoms with Crippen LogP contribution in [0, 0.1) is 0 Å². The Labute approximate surface area is 107 Å². The van der Waals surface area contributed by atoms with Crippen LogP contribution in [0.1, 0.15) is 0 Å². The number of alkyl halides is 8. The first-order valence-corrected chi connectivity index (χ1v) is 4.37. The number of hydrogen-bond acceptors (Lipinski definition) is 1. The van der Waals surface area contributed by atoms with E-state index in [0.29, 0.717) is 0 Å². The van der Waals surface area contributed by atoms with Crippen LogP contribution >= 0.6 is 0 Å². The van der Waals surface area contributed by atoms with Crippen molar-refractivity contribution in [3.05, 3.63) is 23.3 Å². The van der Waals surface area contributed by atoms with Crippen molar-refractivity contribution in [2.45, 2.75) is 25.1 Å². The summed E-state index contributed by atoms with van der Waals surface area (Å²) < 4.78 is 147. The zero-order valence-electron chi connectivity index (χ0n) is 9.10. The normalized spacial score (nSPS) is 16.3. The molecule has 21 heavy (non-hydrogen) atoms. The SMILES string of the molecule is F/C(=C(/F)C(F)(F)OC(F)(F)/C(F)=C(\F)C(F)F)C(F)F. The van der Waals surface area contributed by atoms with Crippen molar-refractivity contribution in [2.24, 2.45) is 0 Å². The van der Waals surface area contributed by atoms with Gasteiger partial charge in [0.05, 0.1) is 0 Å². The van der Waals surface area contributed by atoms with Crippen molar-refractivity contribution < 1.29 is 57.4 Å². The molecule has 0 fully saturated rings. The van der Waals surface area contributed by atoms with Crippen LogP contribution in [0.15, 0.2) is 23.3 Å². The molecule has 0 saturated carbocycles. The van der Waals surface area contributed by atoms with Crippen LogP contribution in [-0.4, -0.2) is 25.1 Å². The Morgan fingerprint density at radius 3 is 1.05 bits per heavy atom. The Kier molecular flexibility index (Phi) is 6.14. The van der Waals surface area contributed by atoms with Gasteiger partial charge in [-0.15, -0.1) is 0 Å². The Morgan fingerprint density at radius 1 is 0.619 bits per heavy atom. The van der Waals surface area contributed by atoms with Gasteiger partial charge in [-0.2, -0.15) is 26.3 Å². The first-order chi connectivity index (χ1) is 9.24. The Bertz CT molecular complexity index is 397. The third kappa shape index (κ3) is 4.82. The molecular formula is C8H2F12O. The van der Waals surface area contributed by atoms with Crippen LogP contribution in [0.4, 0.5) is 52.7 Å². The average molecular weight is 342 g/mol. The van der Waals surface area contributed by atoms with E-state index in [4.69, 9.17) is 0 Å². The summed E-state index contributed by atoms with van der Waals surface area (Å²) in [5, 5.41) is 0. The second kappa shape index (κ2) is 6.58. The van der Waals surface area contributed by atoms with Crippen molar-refractivity contribution in [2.75, 3.05) is 0 Å². The number of halogens is 12. The summed E-state index contributed by atoms with van der Waals surface area (Å²) in [5.74, 6) is -14.8. The van der Waals surface area contributed by atoms with Gasteiger partial charge in [0.15, 0.2) is 0 Å². The van der Waals surface area contributed by atoms with E-state index < -0.39 is 48.4 Å². The number of allylic oxidation sites excluding steroid dienone is 2. The quantitative estimate of drug-likeness (QED) is 0.616. The molecule has 0 unspecified atom stereocenters. The maximum atomic E-state index is 12.5. The number of ether oxygens (including phenoxy) is 1. The molecule has 0 aliphatic carbocycles. The van der Waals surface area contributed by atoms with Crippen molar-refractivity contribution in [3.63, 3.8) is 0 Å². The van der Waals surface area contributed by atoms with E-state index in [1.165, 1.54) is 0 Å². The predicted molar refractivity (Wildman–Crippen MR) is 41.5 cm³/mol. The molecule has 0 amide bonds. The Balaban J connectivity index is 5.54. The lowest BCUT2D eigenvalue weighted by molar-refractivity contribution is -0.354. The van der Waals surface area contributed by atoms with E-state index in [1.807, 2.05) is 4.74 Å². The van der Waals surface area contributed by atoms with E-state index >= 15 is 0 Å². The van der Waals surface area contributed by atoms with E-state index in [0.717, 1.165) is 0 Å². The van der Waals surface area contributed by atoms with Crippen LogP contribution < -0.4 is 0 Å². The maximum Gasteiger partial charge on any atom is 0.416 e. The molecule has 0 aromatic heterocycles. The summed E-state index contributed by atoms with van der Waals surface area (Å²) in [6.45, 7) is 0. The minimum Gasteiger partial charge on any atom is -0.243 e. The van der Waals surface area contributed by atoms with Crippen LogP contribution in [0.25, 0.3) is 0 Å². The highest BCUT2D eigenvalue weighted by molar-refractivity contribution is 5.12. The van der Waals surface area contributed by atoms with Gasteiger partial charge in [-0.1, -0.05) is 0 Å². The molecule has 0 radical (unpaired) electrons. The number of rotatable bonds is 6. The average Bonchev–Trinajstić information content (AvgIpc) is 2.33. The molecule has 0 aliphatic heterocycles. The Hall–Kier alpha value is -1.40. The molecule has 0 aromatic carbocycles. The molecule has 1 nitrogen and oxygen atoms in total. The smallest absolute Gasteiger partial charge is 0.243 e. The third-order valence-corrected chi connectivity index (χ3v) is 1.57. The molecule has 0 aromatic rings. The van der Waals surface area contributed by atoms with Crippen LogP contribution in [0.2, 0.25) is 0 Å². The van der Waals surface area contributed by atoms with Gasteiger partial charge >= 0.3 is 12.2 Å². The summed E-state index contributed by atoms with van der Waals surface area (Å²) >= 11 is 0. The van der Waals surface area contributed by atoms with Crippen molar-refractivity contribution in [1.82, 2.24) is 0 Å². The third-order valence-electron chi connectivity index (χ3n) is 1.57. The molecule has 0 bridgehead atoms. The lowest BCUT2D eigenvalue weighted by atomic mass is 10.4. The molecular weight excluding hydrogens is 340 g/mol. The fourth-order valence-electron chi connectivity index (χ4n) is 0.720. The topological polar surface area (TPSA) is 9.23 Å². The minimum absolute atomic E-state index is 2.01. The second-order valence-corrected chi connectivity index (χ2v) is 3.06. The predicted octanol–water partition coefficient (Wildman–Crippen LogP) is 5.02. The molecule has 0 rings (SSSR count). The van der Waals surface area contributed by atoms with Crippen LogP contribution in [0.5, 0.6) is 0 Å². The summed E-state index contributed by atoms with van der Waals surface area (Å²) in [6.07, 6.45) is -21.3. The van der Waals surface area contributed by atoms with Gasteiger partial charge in [-0.25, -0.2) is 31.1 Å². The Morgan fingerprint density at radius 2 is 0.857 bits per heavy atom. The van der Waals surface area contributed by atoms with Gasteiger partial charge < -0.3 is 0 Å². The fourth-order valence-corrected chi connectivity index (χ4v) is 0.720. The lowest BCUT2D eigenvalue weighted by Gasteiger charge is -2.21. The zero-order valence-corrected chi connectivity index (χ0v) is 9.10. The molecule has 0 atom stereocenters. The monoisotopic (exact) mass is 342 g/mol. The molecule has 13 heteroatoms. The molecule has 0 spiro atoms. The van der Waals surface area contributed by atoms with Gasteiger partial charge in [0.1, 0.15) is 0 Å².